The maximum Gasteiger partial charge on any atom is 0.251 e. The molecule has 1 aliphatic rings. The van der Waals surface area contributed by atoms with E-state index in [0.29, 0.717) is 17.9 Å². The van der Waals surface area contributed by atoms with Gasteiger partial charge in [0.05, 0.1) is 17.8 Å². The minimum absolute atomic E-state index is 0.0515. The normalized spacial score (nSPS) is 18.7. The van der Waals surface area contributed by atoms with E-state index in [4.69, 9.17) is 4.74 Å². The minimum Gasteiger partial charge on any atom is -0.494 e. The molecule has 6 heteroatoms. The molecule has 1 aromatic heterocycles. The maximum atomic E-state index is 14.6. The number of aromatic nitrogens is 1. The van der Waals surface area contributed by atoms with Crippen LogP contribution in [0.15, 0.2) is 54.6 Å². The lowest BCUT2D eigenvalue weighted by atomic mass is 9.90. The molecule has 2 N–H and O–H groups in total. The average molecular weight is 450 g/mol. The molecule has 0 spiro atoms. The molecule has 3 aromatic rings. The van der Waals surface area contributed by atoms with E-state index >= 15 is 0 Å². The van der Waals surface area contributed by atoms with Gasteiger partial charge in [0.1, 0.15) is 11.4 Å². The van der Waals surface area contributed by atoms with Crippen molar-refractivity contribution in [3.8, 4) is 5.75 Å². The van der Waals surface area contributed by atoms with Crippen LogP contribution in [0.4, 0.5) is 10.1 Å². The van der Waals surface area contributed by atoms with Gasteiger partial charge < -0.3 is 15.4 Å². The van der Waals surface area contributed by atoms with Gasteiger partial charge in [-0.3, -0.25) is 4.79 Å². The van der Waals surface area contributed by atoms with Crippen LogP contribution in [0.2, 0.25) is 0 Å². The van der Waals surface area contributed by atoms with Crippen LogP contribution in [-0.4, -0.2) is 29.6 Å². The van der Waals surface area contributed by atoms with Crippen LogP contribution in [-0.2, 0) is 5.67 Å². The number of para-hydroxylation sites is 1. The number of benzene rings is 2. The van der Waals surface area contributed by atoms with Gasteiger partial charge in [-0.15, -0.1) is 0 Å². The van der Waals surface area contributed by atoms with Crippen molar-refractivity contribution in [1.82, 2.24) is 10.3 Å². The van der Waals surface area contributed by atoms with Gasteiger partial charge in [-0.2, -0.15) is 0 Å². The Hall–Kier alpha value is -3.15. The third-order valence-corrected chi connectivity index (χ3v) is 6.17. The molecule has 174 valence electrons. The molecular formula is C27H32FN3O2. The summed E-state index contributed by atoms with van der Waals surface area (Å²) in [7, 11) is 0. The third-order valence-electron chi connectivity index (χ3n) is 6.17. The number of hydrogen-bond acceptors (Lipinski definition) is 4. The molecule has 1 saturated carbocycles. The lowest BCUT2D eigenvalue weighted by molar-refractivity contribution is 0.0926. The summed E-state index contributed by atoms with van der Waals surface area (Å²) in [5.74, 6) is 0.716. The van der Waals surface area contributed by atoms with Gasteiger partial charge in [0, 0.05) is 28.7 Å². The molecule has 1 aliphatic carbocycles. The first-order valence-electron chi connectivity index (χ1n) is 11.7. The standard InChI is InChI=1S/C27H32FN3O2/c1-4-33-21-15-9-18(10-16-21)26(32)30-20-13-11-19(12-14-20)29-24-17-25(27(2,3)28)31-23-8-6-5-7-22(23)24/h5-10,15-17,19-20H,4,11-14H2,1-3H3,(H,29,31)(H,30,32). The molecule has 4 rings (SSSR count). The highest BCUT2D eigenvalue weighted by molar-refractivity contribution is 5.94. The predicted molar refractivity (Wildman–Crippen MR) is 131 cm³/mol. The van der Waals surface area contributed by atoms with Crippen molar-refractivity contribution in [3.63, 3.8) is 0 Å². The Kier molecular flexibility index (Phi) is 6.82. The first kappa shape index (κ1) is 23.0. The molecule has 1 heterocycles. The number of anilines is 1. The van der Waals surface area contributed by atoms with Crippen LogP contribution in [0.3, 0.4) is 0 Å². The number of amides is 1. The highest BCUT2D eigenvalue weighted by atomic mass is 19.1. The third kappa shape index (κ3) is 5.62. The van der Waals surface area contributed by atoms with Crippen molar-refractivity contribution in [1.29, 1.82) is 0 Å². The highest BCUT2D eigenvalue weighted by Gasteiger charge is 2.25. The van der Waals surface area contributed by atoms with Crippen molar-refractivity contribution >= 4 is 22.5 Å². The molecule has 5 nitrogen and oxygen atoms in total. The molecule has 1 fully saturated rings. The summed E-state index contributed by atoms with van der Waals surface area (Å²) in [5, 5.41) is 7.79. The lowest BCUT2D eigenvalue weighted by Crippen LogP contribution is -2.40. The van der Waals surface area contributed by atoms with Crippen LogP contribution in [0, 0.1) is 0 Å². The molecule has 0 aliphatic heterocycles. The highest BCUT2D eigenvalue weighted by Crippen LogP contribution is 2.32. The number of ether oxygens (including phenoxy) is 1. The average Bonchev–Trinajstić information content (AvgIpc) is 2.80. The van der Waals surface area contributed by atoms with Crippen LogP contribution in [0.5, 0.6) is 5.75 Å². The largest absolute Gasteiger partial charge is 0.494 e. The van der Waals surface area contributed by atoms with E-state index in [1.54, 1.807) is 12.1 Å². The Labute approximate surface area is 194 Å². The second-order valence-electron chi connectivity index (χ2n) is 9.17. The zero-order valence-electron chi connectivity index (χ0n) is 19.5. The molecule has 0 radical (unpaired) electrons. The van der Waals surface area contributed by atoms with Crippen molar-refractivity contribution in [3.05, 3.63) is 65.9 Å². The van der Waals surface area contributed by atoms with Crippen LogP contribution >= 0.6 is 0 Å². The quantitative estimate of drug-likeness (QED) is 0.465. The lowest BCUT2D eigenvalue weighted by Gasteiger charge is -2.31. The van der Waals surface area contributed by atoms with E-state index in [0.717, 1.165) is 48.0 Å². The topological polar surface area (TPSA) is 63.2 Å². The molecule has 2 aromatic carbocycles. The summed E-state index contributed by atoms with van der Waals surface area (Å²) in [6.07, 6.45) is 3.65. The summed E-state index contributed by atoms with van der Waals surface area (Å²) in [6, 6.07) is 17.3. The van der Waals surface area contributed by atoms with Crippen molar-refractivity contribution in [2.75, 3.05) is 11.9 Å². The fourth-order valence-electron chi connectivity index (χ4n) is 4.34. The van der Waals surface area contributed by atoms with Gasteiger partial charge in [-0.05, 0) is 82.9 Å². The molecule has 0 bridgehead atoms. The van der Waals surface area contributed by atoms with Crippen molar-refractivity contribution < 1.29 is 13.9 Å². The minimum atomic E-state index is -1.51. The summed E-state index contributed by atoms with van der Waals surface area (Å²) < 4.78 is 20.1. The monoisotopic (exact) mass is 449 g/mol. The maximum absolute atomic E-state index is 14.6. The number of nitrogens with zero attached hydrogens (tertiary/aromatic N) is 1. The van der Waals surface area contributed by atoms with Crippen molar-refractivity contribution in [2.45, 2.75) is 64.2 Å². The fourth-order valence-corrected chi connectivity index (χ4v) is 4.34. The number of alkyl halides is 1. The molecule has 1 amide bonds. The summed E-state index contributed by atoms with van der Waals surface area (Å²) in [4.78, 5) is 17.1. The van der Waals surface area contributed by atoms with E-state index in [1.165, 1.54) is 13.8 Å². The van der Waals surface area contributed by atoms with Gasteiger partial charge >= 0.3 is 0 Å². The van der Waals surface area contributed by atoms with E-state index in [-0.39, 0.29) is 18.0 Å². The van der Waals surface area contributed by atoms with E-state index < -0.39 is 5.67 Å². The number of fused-ring (bicyclic) bond motifs is 1. The Morgan fingerprint density at radius 2 is 1.73 bits per heavy atom. The Balaban J connectivity index is 1.38. The molecular weight excluding hydrogens is 417 g/mol. The predicted octanol–water partition coefficient (Wildman–Crippen LogP) is 5.99. The zero-order chi connectivity index (χ0) is 23.4. The van der Waals surface area contributed by atoms with E-state index in [9.17, 15) is 9.18 Å². The summed E-state index contributed by atoms with van der Waals surface area (Å²) >= 11 is 0. The number of rotatable bonds is 7. The number of halogens is 1. The fraction of sp³-hybridized carbons (Fsp3) is 0.407. The zero-order valence-corrected chi connectivity index (χ0v) is 19.5. The summed E-state index contributed by atoms with van der Waals surface area (Å²) in [5.41, 5.74) is 1.27. The van der Waals surface area contributed by atoms with Gasteiger partial charge in [-0.1, -0.05) is 18.2 Å². The second-order valence-corrected chi connectivity index (χ2v) is 9.17. The Morgan fingerprint density at radius 3 is 2.39 bits per heavy atom. The molecule has 0 saturated heterocycles. The molecule has 0 atom stereocenters. The SMILES string of the molecule is CCOc1ccc(C(=O)NC2CCC(Nc3cc(C(C)(C)F)nc4ccccc34)CC2)cc1. The number of carbonyl (C=O) groups excluding carboxylic acids is 1. The first-order valence-corrected chi connectivity index (χ1v) is 11.7. The van der Waals surface area contributed by atoms with Gasteiger partial charge in [0.2, 0.25) is 0 Å². The number of nitrogens with one attached hydrogen (secondary N) is 2. The van der Waals surface area contributed by atoms with Crippen molar-refractivity contribution in [2.24, 2.45) is 0 Å². The second kappa shape index (κ2) is 9.77. The van der Waals surface area contributed by atoms with Gasteiger partial charge in [-0.25, -0.2) is 9.37 Å². The van der Waals surface area contributed by atoms with Gasteiger partial charge in [0.15, 0.2) is 0 Å². The van der Waals surface area contributed by atoms with E-state index in [2.05, 4.69) is 15.6 Å². The smallest absolute Gasteiger partial charge is 0.251 e. The molecule has 0 unspecified atom stereocenters. The number of pyridine rings is 1. The number of carbonyl (C=O) groups is 1. The van der Waals surface area contributed by atoms with Gasteiger partial charge in [0.25, 0.3) is 5.91 Å². The molecule has 33 heavy (non-hydrogen) atoms. The van der Waals surface area contributed by atoms with Crippen LogP contribution < -0.4 is 15.4 Å². The van der Waals surface area contributed by atoms with Crippen LogP contribution in [0.1, 0.15) is 62.5 Å². The van der Waals surface area contributed by atoms with Crippen LogP contribution in [0.25, 0.3) is 10.9 Å². The Morgan fingerprint density at radius 1 is 1.06 bits per heavy atom. The Bertz CT molecular complexity index is 1100. The number of hydrogen-bond donors (Lipinski definition) is 2. The van der Waals surface area contributed by atoms with E-state index in [1.807, 2.05) is 49.4 Å². The first-order chi connectivity index (χ1) is 15.8. The summed E-state index contributed by atoms with van der Waals surface area (Å²) in [6.45, 7) is 5.60.